The van der Waals surface area contributed by atoms with Crippen molar-refractivity contribution in [1.82, 2.24) is 14.9 Å². The van der Waals surface area contributed by atoms with Gasteiger partial charge in [0, 0.05) is 31.4 Å². The average molecular weight is 313 g/mol. The van der Waals surface area contributed by atoms with E-state index in [0.29, 0.717) is 25.5 Å². The van der Waals surface area contributed by atoms with Crippen molar-refractivity contribution in [3.8, 4) is 5.75 Å². The number of amides is 1. The van der Waals surface area contributed by atoms with E-state index < -0.39 is 0 Å². The van der Waals surface area contributed by atoms with Gasteiger partial charge in [0.05, 0.1) is 13.0 Å². The van der Waals surface area contributed by atoms with E-state index in [0.717, 1.165) is 23.7 Å². The summed E-state index contributed by atoms with van der Waals surface area (Å²) in [5, 5.41) is 2.98. The SMILES string of the molecule is CCOc1ccc(CC(=O)NCCn2ccnc2C2CC2)cc1. The molecule has 1 heterocycles. The summed E-state index contributed by atoms with van der Waals surface area (Å²) in [4.78, 5) is 16.4. The van der Waals surface area contributed by atoms with Crippen LogP contribution in [0.15, 0.2) is 36.7 Å². The van der Waals surface area contributed by atoms with Crippen LogP contribution in [0, 0.1) is 0 Å². The molecule has 0 saturated heterocycles. The normalized spacial score (nSPS) is 13.8. The largest absolute Gasteiger partial charge is 0.494 e. The molecular weight excluding hydrogens is 290 g/mol. The van der Waals surface area contributed by atoms with E-state index in [9.17, 15) is 4.79 Å². The first-order valence-corrected chi connectivity index (χ1v) is 8.25. The molecule has 0 unspecified atom stereocenters. The number of carbonyl (C=O) groups is 1. The molecule has 1 aromatic heterocycles. The Balaban J connectivity index is 1.43. The zero-order valence-electron chi connectivity index (χ0n) is 13.5. The highest BCUT2D eigenvalue weighted by Gasteiger charge is 2.27. The summed E-state index contributed by atoms with van der Waals surface area (Å²) in [6.07, 6.45) is 6.70. The molecule has 0 radical (unpaired) electrons. The first-order chi connectivity index (χ1) is 11.3. The van der Waals surface area contributed by atoms with Gasteiger partial charge in [0.1, 0.15) is 11.6 Å². The standard InChI is InChI=1S/C18H23N3O2/c1-2-23-16-7-3-14(4-8-16)13-17(22)19-9-11-21-12-10-20-18(21)15-5-6-15/h3-4,7-8,10,12,15H,2,5-6,9,11,13H2,1H3,(H,19,22). The van der Waals surface area contributed by atoms with E-state index in [4.69, 9.17) is 4.74 Å². The van der Waals surface area contributed by atoms with Crippen LogP contribution in [-0.4, -0.2) is 28.6 Å². The van der Waals surface area contributed by atoms with Gasteiger partial charge in [-0.3, -0.25) is 4.79 Å². The molecule has 1 fully saturated rings. The molecule has 1 N–H and O–H groups in total. The van der Waals surface area contributed by atoms with Gasteiger partial charge in [0.15, 0.2) is 0 Å². The molecule has 0 aliphatic heterocycles. The van der Waals surface area contributed by atoms with Gasteiger partial charge in [-0.1, -0.05) is 12.1 Å². The predicted molar refractivity (Wildman–Crippen MR) is 88.5 cm³/mol. The van der Waals surface area contributed by atoms with Crippen molar-refractivity contribution >= 4 is 5.91 Å². The second-order valence-electron chi connectivity index (χ2n) is 5.86. The van der Waals surface area contributed by atoms with Gasteiger partial charge in [-0.2, -0.15) is 0 Å². The molecule has 5 heteroatoms. The number of nitrogens with one attached hydrogen (secondary N) is 1. The third kappa shape index (κ3) is 4.34. The fraction of sp³-hybridized carbons (Fsp3) is 0.444. The molecule has 1 aromatic carbocycles. The Morgan fingerprint density at radius 1 is 1.35 bits per heavy atom. The highest BCUT2D eigenvalue weighted by Crippen LogP contribution is 2.38. The van der Waals surface area contributed by atoms with Gasteiger partial charge >= 0.3 is 0 Å². The van der Waals surface area contributed by atoms with Gasteiger partial charge in [-0.15, -0.1) is 0 Å². The minimum absolute atomic E-state index is 0.0437. The van der Waals surface area contributed by atoms with Crippen molar-refractivity contribution in [3.63, 3.8) is 0 Å². The van der Waals surface area contributed by atoms with Gasteiger partial charge in [0.25, 0.3) is 0 Å². The Labute approximate surface area is 136 Å². The molecule has 1 saturated carbocycles. The number of benzene rings is 1. The number of rotatable bonds is 8. The fourth-order valence-corrected chi connectivity index (χ4v) is 2.65. The van der Waals surface area contributed by atoms with Gasteiger partial charge in [0.2, 0.25) is 5.91 Å². The lowest BCUT2D eigenvalue weighted by molar-refractivity contribution is -0.120. The van der Waals surface area contributed by atoms with Crippen LogP contribution in [0.3, 0.4) is 0 Å². The van der Waals surface area contributed by atoms with Crippen molar-refractivity contribution in [1.29, 1.82) is 0 Å². The van der Waals surface area contributed by atoms with E-state index in [1.165, 1.54) is 12.8 Å². The first kappa shape index (κ1) is 15.6. The van der Waals surface area contributed by atoms with Crippen LogP contribution < -0.4 is 10.1 Å². The third-order valence-electron chi connectivity index (χ3n) is 3.96. The molecule has 122 valence electrons. The Morgan fingerprint density at radius 2 is 2.13 bits per heavy atom. The summed E-state index contributed by atoms with van der Waals surface area (Å²) in [7, 11) is 0. The van der Waals surface area contributed by atoms with Crippen molar-refractivity contribution in [2.75, 3.05) is 13.2 Å². The van der Waals surface area contributed by atoms with Crippen LogP contribution in [0.5, 0.6) is 5.75 Å². The van der Waals surface area contributed by atoms with Crippen molar-refractivity contribution < 1.29 is 9.53 Å². The molecule has 3 rings (SSSR count). The number of nitrogens with zero attached hydrogens (tertiary/aromatic N) is 2. The summed E-state index contributed by atoms with van der Waals surface area (Å²) < 4.78 is 7.55. The van der Waals surface area contributed by atoms with Crippen LogP contribution >= 0.6 is 0 Å². The maximum absolute atomic E-state index is 12.0. The molecule has 0 atom stereocenters. The summed E-state index contributed by atoms with van der Waals surface area (Å²) >= 11 is 0. The first-order valence-electron chi connectivity index (χ1n) is 8.25. The van der Waals surface area contributed by atoms with Crippen molar-refractivity contribution in [2.24, 2.45) is 0 Å². The molecule has 5 nitrogen and oxygen atoms in total. The zero-order chi connectivity index (χ0) is 16.1. The molecule has 1 aliphatic carbocycles. The molecule has 1 amide bonds. The molecule has 1 aliphatic rings. The Bertz CT molecular complexity index is 645. The monoisotopic (exact) mass is 313 g/mol. The Kier molecular flexibility index (Phi) is 4.95. The van der Waals surface area contributed by atoms with Crippen molar-refractivity contribution in [3.05, 3.63) is 48.0 Å². The second kappa shape index (κ2) is 7.31. The van der Waals surface area contributed by atoms with Gasteiger partial charge in [-0.25, -0.2) is 4.98 Å². The van der Waals surface area contributed by atoms with Crippen LogP contribution in [0.2, 0.25) is 0 Å². The number of hydrogen-bond acceptors (Lipinski definition) is 3. The number of hydrogen-bond donors (Lipinski definition) is 1. The summed E-state index contributed by atoms with van der Waals surface area (Å²) in [6.45, 7) is 4.01. The number of carbonyl (C=O) groups excluding carboxylic acids is 1. The van der Waals surface area contributed by atoms with Crippen LogP contribution in [-0.2, 0) is 17.8 Å². The Morgan fingerprint density at radius 3 is 2.83 bits per heavy atom. The summed E-state index contributed by atoms with van der Waals surface area (Å²) in [6, 6.07) is 7.68. The van der Waals surface area contributed by atoms with Crippen LogP contribution in [0.1, 0.15) is 37.1 Å². The summed E-state index contributed by atoms with van der Waals surface area (Å²) in [5.74, 6) is 2.67. The van der Waals surface area contributed by atoms with E-state index in [2.05, 4.69) is 14.9 Å². The maximum Gasteiger partial charge on any atom is 0.224 e. The second-order valence-corrected chi connectivity index (χ2v) is 5.86. The van der Waals surface area contributed by atoms with E-state index in [-0.39, 0.29) is 5.91 Å². The summed E-state index contributed by atoms with van der Waals surface area (Å²) in [5.41, 5.74) is 0.993. The smallest absolute Gasteiger partial charge is 0.224 e. The molecule has 23 heavy (non-hydrogen) atoms. The van der Waals surface area contributed by atoms with E-state index in [1.54, 1.807) is 0 Å². The minimum Gasteiger partial charge on any atom is -0.494 e. The Hall–Kier alpha value is -2.30. The third-order valence-corrected chi connectivity index (χ3v) is 3.96. The minimum atomic E-state index is 0.0437. The van der Waals surface area contributed by atoms with Crippen molar-refractivity contribution in [2.45, 2.75) is 38.6 Å². The lowest BCUT2D eigenvalue weighted by Crippen LogP contribution is -2.28. The fourth-order valence-electron chi connectivity index (χ4n) is 2.65. The molecule has 0 spiro atoms. The maximum atomic E-state index is 12.0. The number of ether oxygens (including phenoxy) is 1. The highest BCUT2D eigenvalue weighted by molar-refractivity contribution is 5.78. The highest BCUT2D eigenvalue weighted by atomic mass is 16.5. The lowest BCUT2D eigenvalue weighted by atomic mass is 10.1. The number of aromatic nitrogens is 2. The lowest BCUT2D eigenvalue weighted by Gasteiger charge is -2.09. The predicted octanol–water partition coefficient (Wildman–Crippen LogP) is 2.52. The van der Waals surface area contributed by atoms with Gasteiger partial charge < -0.3 is 14.6 Å². The van der Waals surface area contributed by atoms with Crippen LogP contribution in [0.4, 0.5) is 0 Å². The number of imidazole rings is 1. The molecular formula is C18H23N3O2. The van der Waals surface area contributed by atoms with E-state index >= 15 is 0 Å². The van der Waals surface area contributed by atoms with E-state index in [1.807, 2.05) is 43.6 Å². The topological polar surface area (TPSA) is 56.1 Å². The molecule has 0 bridgehead atoms. The van der Waals surface area contributed by atoms with Crippen LogP contribution in [0.25, 0.3) is 0 Å². The quantitative estimate of drug-likeness (QED) is 0.815. The zero-order valence-corrected chi connectivity index (χ0v) is 13.5. The molecule has 2 aromatic rings. The average Bonchev–Trinajstić information content (AvgIpc) is 3.29. The van der Waals surface area contributed by atoms with Gasteiger partial charge in [-0.05, 0) is 37.5 Å².